The molecule has 0 amide bonds. The Hall–Kier alpha value is -1.68. The first-order chi connectivity index (χ1) is 9.19. The van der Waals surface area contributed by atoms with E-state index in [4.69, 9.17) is 5.73 Å². The maximum atomic E-state index is 5.76. The molecule has 0 aliphatic carbocycles. The first kappa shape index (κ1) is 12.4. The van der Waals surface area contributed by atoms with Gasteiger partial charge in [-0.25, -0.2) is 0 Å². The van der Waals surface area contributed by atoms with E-state index in [1.54, 1.807) is 0 Å². The molecule has 0 spiro atoms. The Bertz CT molecular complexity index is 600. The van der Waals surface area contributed by atoms with Gasteiger partial charge in [0, 0.05) is 18.5 Å². The number of rotatable bonds is 2. The van der Waals surface area contributed by atoms with Gasteiger partial charge in [-0.05, 0) is 44.4 Å². The number of nitrogens with zero attached hydrogens (tertiary/aromatic N) is 3. The predicted octanol–water partition coefficient (Wildman–Crippen LogP) is 2.08. The Morgan fingerprint density at radius 2 is 2.16 bits per heavy atom. The van der Waals surface area contributed by atoms with Crippen LogP contribution in [0.3, 0.4) is 0 Å². The standard InChI is InChI=1S/C15H20N4/c1-10-3-4-11(2)13(7-10)15-18-17-14-8-12(9-16)5-6-19(14)15/h3-4,7,12H,5-6,8-9,16H2,1-2H3. The summed E-state index contributed by atoms with van der Waals surface area (Å²) in [6.07, 6.45) is 2.08. The highest BCUT2D eigenvalue weighted by Crippen LogP contribution is 2.27. The minimum atomic E-state index is 0.558. The van der Waals surface area contributed by atoms with Crippen LogP contribution in [0.25, 0.3) is 11.4 Å². The van der Waals surface area contributed by atoms with Gasteiger partial charge in [0.25, 0.3) is 0 Å². The number of fused-ring (bicyclic) bond motifs is 1. The Labute approximate surface area is 113 Å². The number of hydrogen-bond donors (Lipinski definition) is 1. The summed E-state index contributed by atoms with van der Waals surface area (Å²) in [5.41, 5.74) is 9.47. The van der Waals surface area contributed by atoms with Crippen molar-refractivity contribution in [3.05, 3.63) is 35.2 Å². The van der Waals surface area contributed by atoms with E-state index in [9.17, 15) is 0 Å². The highest BCUT2D eigenvalue weighted by Gasteiger charge is 2.23. The van der Waals surface area contributed by atoms with Crippen LogP contribution in [0.1, 0.15) is 23.4 Å². The summed E-state index contributed by atoms with van der Waals surface area (Å²) in [7, 11) is 0. The third-order valence-electron chi connectivity index (χ3n) is 4.03. The Morgan fingerprint density at radius 3 is 2.95 bits per heavy atom. The van der Waals surface area contributed by atoms with Gasteiger partial charge in [-0.15, -0.1) is 10.2 Å². The van der Waals surface area contributed by atoms with Crippen molar-refractivity contribution in [2.45, 2.75) is 33.2 Å². The third kappa shape index (κ3) is 2.16. The van der Waals surface area contributed by atoms with Gasteiger partial charge in [0.15, 0.2) is 5.82 Å². The maximum absolute atomic E-state index is 5.76. The van der Waals surface area contributed by atoms with Crippen molar-refractivity contribution in [1.82, 2.24) is 14.8 Å². The SMILES string of the molecule is Cc1ccc(C)c(-c2nnc3n2CCC(CN)C3)c1. The summed E-state index contributed by atoms with van der Waals surface area (Å²) in [6.45, 7) is 5.96. The molecule has 1 aliphatic rings. The number of nitrogens with two attached hydrogens (primary N) is 1. The van der Waals surface area contributed by atoms with Gasteiger partial charge in [-0.3, -0.25) is 0 Å². The van der Waals surface area contributed by atoms with E-state index in [1.165, 1.54) is 16.7 Å². The second-order valence-electron chi connectivity index (χ2n) is 5.50. The van der Waals surface area contributed by atoms with Crippen LogP contribution < -0.4 is 5.73 Å². The Morgan fingerprint density at radius 1 is 1.32 bits per heavy atom. The molecule has 19 heavy (non-hydrogen) atoms. The molecule has 1 unspecified atom stereocenters. The molecule has 2 N–H and O–H groups in total. The van der Waals surface area contributed by atoms with Crippen LogP contribution in [0.5, 0.6) is 0 Å². The number of benzene rings is 1. The summed E-state index contributed by atoms with van der Waals surface area (Å²) in [5, 5.41) is 8.77. The van der Waals surface area contributed by atoms with Crippen LogP contribution in [0.4, 0.5) is 0 Å². The van der Waals surface area contributed by atoms with Crippen molar-refractivity contribution in [2.75, 3.05) is 6.54 Å². The topological polar surface area (TPSA) is 56.7 Å². The molecule has 0 saturated carbocycles. The predicted molar refractivity (Wildman–Crippen MR) is 75.8 cm³/mol. The molecule has 0 radical (unpaired) electrons. The van der Waals surface area contributed by atoms with E-state index in [0.29, 0.717) is 5.92 Å². The fourth-order valence-electron chi connectivity index (χ4n) is 2.77. The summed E-state index contributed by atoms with van der Waals surface area (Å²) >= 11 is 0. The van der Waals surface area contributed by atoms with Crippen LogP contribution >= 0.6 is 0 Å². The molecule has 2 heterocycles. The molecule has 1 atom stereocenters. The Kier molecular flexibility index (Phi) is 3.11. The minimum absolute atomic E-state index is 0.558. The van der Waals surface area contributed by atoms with Crippen LogP contribution in [0, 0.1) is 19.8 Å². The molecule has 1 aromatic carbocycles. The molecule has 0 bridgehead atoms. The second-order valence-corrected chi connectivity index (χ2v) is 5.50. The second kappa shape index (κ2) is 4.78. The molecule has 4 nitrogen and oxygen atoms in total. The van der Waals surface area contributed by atoms with E-state index in [-0.39, 0.29) is 0 Å². The monoisotopic (exact) mass is 256 g/mol. The molecular formula is C15H20N4. The number of aryl methyl sites for hydroxylation is 2. The van der Waals surface area contributed by atoms with Crippen LogP contribution in [0.2, 0.25) is 0 Å². The van der Waals surface area contributed by atoms with Crippen LogP contribution in [-0.2, 0) is 13.0 Å². The largest absolute Gasteiger partial charge is 0.330 e. The molecule has 0 saturated heterocycles. The van der Waals surface area contributed by atoms with Gasteiger partial charge in [0.2, 0.25) is 0 Å². The zero-order valence-electron chi connectivity index (χ0n) is 11.6. The lowest BCUT2D eigenvalue weighted by molar-refractivity contribution is 0.391. The average Bonchev–Trinajstić information content (AvgIpc) is 2.84. The van der Waals surface area contributed by atoms with Crippen molar-refractivity contribution in [2.24, 2.45) is 11.7 Å². The highest BCUT2D eigenvalue weighted by molar-refractivity contribution is 5.61. The molecule has 2 aromatic rings. The van der Waals surface area contributed by atoms with Crippen molar-refractivity contribution < 1.29 is 0 Å². The average molecular weight is 256 g/mol. The van der Waals surface area contributed by atoms with Gasteiger partial charge in [0.05, 0.1) is 0 Å². The van der Waals surface area contributed by atoms with E-state index in [2.05, 4.69) is 46.8 Å². The normalized spacial score (nSPS) is 18.4. The number of aromatic nitrogens is 3. The zero-order valence-corrected chi connectivity index (χ0v) is 11.6. The van der Waals surface area contributed by atoms with Gasteiger partial charge in [-0.1, -0.05) is 17.7 Å². The van der Waals surface area contributed by atoms with Gasteiger partial charge >= 0.3 is 0 Å². The summed E-state index contributed by atoms with van der Waals surface area (Å²) in [4.78, 5) is 0. The fourth-order valence-corrected chi connectivity index (χ4v) is 2.77. The van der Waals surface area contributed by atoms with Crippen molar-refractivity contribution in [1.29, 1.82) is 0 Å². The van der Waals surface area contributed by atoms with Gasteiger partial charge < -0.3 is 10.3 Å². The van der Waals surface area contributed by atoms with Gasteiger partial charge in [-0.2, -0.15) is 0 Å². The highest BCUT2D eigenvalue weighted by atomic mass is 15.3. The van der Waals surface area contributed by atoms with E-state index in [1.807, 2.05) is 0 Å². The lowest BCUT2D eigenvalue weighted by atomic mass is 9.97. The molecular weight excluding hydrogens is 236 g/mol. The molecule has 3 rings (SSSR count). The summed E-state index contributed by atoms with van der Waals surface area (Å²) in [6, 6.07) is 6.48. The third-order valence-corrected chi connectivity index (χ3v) is 4.03. The fraction of sp³-hybridized carbons (Fsp3) is 0.467. The quantitative estimate of drug-likeness (QED) is 0.895. The lowest BCUT2D eigenvalue weighted by Crippen LogP contribution is -2.25. The van der Waals surface area contributed by atoms with Crippen molar-refractivity contribution in [3.63, 3.8) is 0 Å². The minimum Gasteiger partial charge on any atom is -0.330 e. The van der Waals surface area contributed by atoms with Gasteiger partial charge in [0.1, 0.15) is 5.82 Å². The molecule has 4 heteroatoms. The van der Waals surface area contributed by atoms with E-state index >= 15 is 0 Å². The summed E-state index contributed by atoms with van der Waals surface area (Å²) in [5.74, 6) is 2.65. The van der Waals surface area contributed by atoms with Crippen LogP contribution in [-0.4, -0.2) is 21.3 Å². The first-order valence-corrected chi connectivity index (χ1v) is 6.89. The van der Waals surface area contributed by atoms with Crippen molar-refractivity contribution in [3.8, 4) is 11.4 Å². The number of hydrogen-bond acceptors (Lipinski definition) is 3. The molecule has 1 aliphatic heterocycles. The molecule has 0 fully saturated rings. The Balaban J connectivity index is 2.03. The zero-order chi connectivity index (χ0) is 13.4. The van der Waals surface area contributed by atoms with Crippen molar-refractivity contribution >= 4 is 0 Å². The van der Waals surface area contributed by atoms with Crippen LogP contribution in [0.15, 0.2) is 18.2 Å². The molecule has 100 valence electrons. The maximum Gasteiger partial charge on any atom is 0.164 e. The smallest absolute Gasteiger partial charge is 0.164 e. The van der Waals surface area contributed by atoms with E-state index < -0.39 is 0 Å². The first-order valence-electron chi connectivity index (χ1n) is 6.89. The molecule has 1 aromatic heterocycles. The lowest BCUT2D eigenvalue weighted by Gasteiger charge is -2.22. The summed E-state index contributed by atoms with van der Waals surface area (Å²) < 4.78 is 2.26. The van der Waals surface area contributed by atoms with E-state index in [0.717, 1.165) is 37.6 Å².